The summed E-state index contributed by atoms with van der Waals surface area (Å²) in [5, 5.41) is 2.71. The highest BCUT2D eigenvalue weighted by atomic mass is 35.5. The Morgan fingerprint density at radius 3 is 2.76 bits per heavy atom. The number of fused-ring (bicyclic) bond motifs is 1. The molecule has 0 saturated carbocycles. The molecule has 37 heavy (non-hydrogen) atoms. The second-order valence-corrected chi connectivity index (χ2v) is 11.0. The van der Waals surface area contributed by atoms with Gasteiger partial charge in [-0.25, -0.2) is 4.39 Å². The second kappa shape index (κ2) is 12.1. The van der Waals surface area contributed by atoms with Gasteiger partial charge >= 0.3 is 0 Å². The molecule has 3 aromatic rings. The molecule has 1 aromatic heterocycles. The van der Waals surface area contributed by atoms with Crippen LogP contribution in [-0.2, 0) is 11.2 Å². The van der Waals surface area contributed by atoms with E-state index in [0.717, 1.165) is 24.0 Å². The Labute approximate surface area is 226 Å². The number of aryl methyl sites for hydroxylation is 1. The van der Waals surface area contributed by atoms with Crippen LogP contribution in [0, 0.1) is 18.7 Å². The zero-order valence-electron chi connectivity index (χ0n) is 21.4. The minimum Gasteiger partial charge on any atom is -0.491 e. The molecule has 2 amide bonds. The van der Waals surface area contributed by atoms with Crippen molar-refractivity contribution in [1.29, 1.82) is 0 Å². The van der Waals surface area contributed by atoms with Crippen molar-refractivity contribution in [3.63, 3.8) is 0 Å². The zero-order valence-corrected chi connectivity index (χ0v) is 22.9. The van der Waals surface area contributed by atoms with Crippen molar-refractivity contribution in [1.82, 2.24) is 9.80 Å². The summed E-state index contributed by atoms with van der Waals surface area (Å²) < 4.78 is 20.6. The molecule has 4 rings (SSSR count). The van der Waals surface area contributed by atoms with Crippen molar-refractivity contribution >= 4 is 34.8 Å². The van der Waals surface area contributed by atoms with Gasteiger partial charge in [-0.15, -0.1) is 11.3 Å². The molecule has 0 saturated heterocycles. The minimum atomic E-state index is -0.584. The Kier molecular flexibility index (Phi) is 8.87. The Morgan fingerprint density at radius 2 is 2.03 bits per heavy atom. The number of rotatable bonds is 9. The lowest BCUT2D eigenvalue weighted by Crippen LogP contribution is -2.48. The third kappa shape index (κ3) is 6.33. The quantitative estimate of drug-likeness (QED) is 0.308. The highest BCUT2D eigenvalue weighted by Crippen LogP contribution is 2.34. The standard InChI is InChI=1S/C29H32ClFN2O3S/c1-4-19(2)16-32(29(35)22-7-5-6-8-25(22)31)17-28(34)33-13-11-27-23(12-14-37-27)26(33)18-36-21-9-10-24(30)20(3)15-21/h5-10,12,14-15,19,26H,4,11,13,16-18H2,1-3H3/t19-,26+/m0/s1. The number of thiophene rings is 1. The van der Waals surface area contributed by atoms with Gasteiger partial charge in [-0.3, -0.25) is 9.59 Å². The van der Waals surface area contributed by atoms with Crippen molar-refractivity contribution in [2.24, 2.45) is 5.92 Å². The van der Waals surface area contributed by atoms with Crippen LogP contribution in [0.3, 0.4) is 0 Å². The van der Waals surface area contributed by atoms with Crippen molar-refractivity contribution < 1.29 is 18.7 Å². The highest BCUT2D eigenvalue weighted by Gasteiger charge is 2.34. The van der Waals surface area contributed by atoms with Crippen molar-refractivity contribution in [2.75, 3.05) is 26.2 Å². The van der Waals surface area contributed by atoms with Crippen LogP contribution >= 0.6 is 22.9 Å². The normalized spacial score (nSPS) is 15.7. The van der Waals surface area contributed by atoms with Gasteiger partial charge in [-0.2, -0.15) is 0 Å². The Balaban J connectivity index is 1.56. The van der Waals surface area contributed by atoms with Gasteiger partial charge in [0.25, 0.3) is 5.91 Å². The summed E-state index contributed by atoms with van der Waals surface area (Å²) in [7, 11) is 0. The van der Waals surface area contributed by atoms with Crippen molar-refractivity contribution in [2.45, 2.75) is 39.7 Å². The van der Waals surface area contributed by atoms with Crippen LogP contribution in [0.5, 0.6) is 5.75 Å². The minimum absolute atomic E-state index is 0.0182. The van der Waals surface area contributed by atoms with Crippen LogP contribution in [0.2, 0.25) is 5.02 Å². The number of halogens is 2. The molecule has 5 nitrogen and oxygen atoms in total. The summed E-state index contributed by atoms with van der Waals surface area (Å²) in [6.07, 6.45) is 1.59. The van der Waals surface area contributed by atoms with Gasteiger partial charge in [-0.1, -0.05) is 44.0 Å². The summed E-state index contributed by atoms with van der Waals surface area (Å²) in [6, 6.07) is 13.2. The maximum absolute atomic E-state index is 14.5. The van der Waals surface area contributed by atoms with Crippen molar-refractivity contribution in [3.05, 3.63) is 86.3 Å². The molecule has 2 aromatic carbocycles. The number of amides is 2. The molecule has 0 spiro atoms. The third-order valence-corrected chi connectivity index (χ3v) is 8.32. The topological polar surface area (TPSA) is 49.9 Å². The first-order valence-electron chi connectivity index (χ1n) is 12.6. The molecule has 0 aliphatic carbocycles. The first kappa shape index (κ1) is 27.1. The van der Waals surface area contributed by atoms with Gasteiger partial charge in [0, 0.05) is 23.0 Å². The van der Waals surface area contributed by atoms with E-state index < -0.39 is 11.7 Å². The molecule has 2 heterocycles. The van der Waals surface area contributed by atoms with Crippen LogP contribution < -0.4 is 4.74 Å². The summed E-state index contributed by atoms with van der Waals surface area (Å²) in [5.74, 6) is -0.375. The molecule has 0 unspecified atom stereocenters. The number of hydrogen-bond donors (Lipinski definition) is 0. The largest absolute Gasteiger partial charge is 0.491 e. The van der Waals surface area contributed by atoms with E-state index in [1.54, 1.807) is 34.4 Å². The van der Waals surface area contributed by atoms with E-state index in [9.17, 15) is 14.0 Å². The van der Waals surface area contributed by atoms with Gasteiger partial charge < -0.3 is 14.5 Å². The number of ether oxygens (including phenoxy) is 1. The van der Waals surface area contributed by atoms with E-state index in [1.165, 1.54) is 21.9 Å². The predicted molar refractivity (Wildman–Crippen MR) is 146 cm³/mol. The molecule has 0 radical (unpaired) electrons. The summed E-state index contributed by atoms with van der Waals surface area (Å²) in [5.41, 5.74) is 1.97. The van der Waals surface area contributed by atoms with Gasteiger partial charge in [0.15, 0.2) is 0 Å². The first-order chi connectivity index (χ1) is 17.8. The lowest BCUT2D eigenvalue weighted by Gasteiger charge is -2.37. The van der Waals surface area contributed by atoms with Gasteiger partial charge in [-0.05, 0) is 72.2 Å². The number of carbonyl (C=O) groups excluding carboxylic acids is 2. The number of carbonyl (C=O) groups is 2. The fourth-order valence-corrected chi connectivity index (χ4v) is 5.59. The van der Waals surface area contributed by atoms with E-state index in [0.29, 0.717) is 23.9 Å². The summed E-state index contributed by atoms with van der Waals surface area (Å²) in [6.45, 7) is 7.04. The average molecular weight is 543 g/mol. The van der Waals surface area contributed by atoms with Crippen LogP contribution in [-0.4, -0.2) is 47.9 Å². The van der Waals surface area contributed by atoms with E-state index in [-0.39, 0.29) is 36.6 Å². The maximum atomic E-state index is 14.5. The average Bonchev–Trinajstić information content (AvgIpc) is 3.37. The smallest absolute Gasteiger partial charge is 0.257 e. The van der Waals surface area contributed by atoms with Crippen LogP contribution in [0.25, 0.3) is 0 Å². The Hall–Kier alpha value is -2.90. The highest BCUT2D eigenvalue weighted by molar-refractivity contribution is 7.10. The van der Waals surface area contributed by atoms with Gasteiger partial charge in [0.2, 0.25) is 5.91 Å². The monoisotopic (exact) mass is 542 g/mol. The van der Waals surface area contributed by atoms with E-state index in [4.69, 9.17) is 16.3 Å². The lowest BCUT2D eigenvalue weighted by atomic mass is 10.00. The molecule has 1 aliphatic rings. The van der Waals surface area contributed by atoms with Crippen LogP contribution in [0.4, 0.5) is 4.39 Å². The maximum Gasteiger partial charge on any atom is 0.257 e. The zero-order chi connectivity index (χ0) is 26.5. The number of benzene rings is 2. The van der Waals surface area contributed by atoms with E-state index >= 15 is 0 Å². The molecule has 0 fully saturated rings. The van der Waals surface area contributed by atoms with E-state index in [1.807, 2.05) is 44.4 Å². The Morgan fingerprint density at radius 1 is 1.24 bits per heavy atom. The van der Waals surface area contributed by atoms with Gasteiger partial charge in [0.05, 0.1) is 11.6 Å². The first-order valence-corrected chi connectivity index (χ1v) is 13.8. The second-order valence-electron chi connectivity index (χ2n) is 9.55. The van der Waals surface area contributed by atoms with Crippen LogP contribution in [0.15, 0.2) is 53.9 Å². The molecule has 0 N–H and O–H groups in total. The third-order valence-electron chi connectivity index (χ3n) is 6.90. The summed E-state index contributed by atoms with van der Waals surface area (Å²) >= 11 is 7.84. The predicted octanol–water partition coefficient (Wildman–Crippen LogP) is 6.54. The van der Waals surface area contributed by atoms with Gasteiger partial charge in [0.1, 0.15) is 24.7 Å². The molecule has 0 bridgehead atoms. The van der Waals surface area contributed by atoms with E-state index in [2.05, 4.69) is 0 Å². The van der Waals surface area contributed by atoms with Crippen molar-refractivity contribution in [3.8, 4) is 5.75 Å². The lowest BCUT2D eigenvalue weighted by molar-refractivity contribution is -0.135. The fourth-order valence-electron chi connectivity index (χ4n) is 4.54. The molecule has 196 valence electrons. The number of hydrogen-bond acceptors (Lipinski definition) is 4. The molecule has 1 aliphatic heterocycles. The molecular weight excluding hydrogens is 511 g/mol. The molecular formula is C29H32ClFN2O3S. The molecule has 8 heteroatoms. The fraction of sp³-hybridized carbons (Fsp3) is 0.379. The molecule has 2 atom stereocenters. The number of nitrogens with zero attached hydrogens (tertiary/aromatic N) is 2. The SMILES string of the molecule is CC[C@H](C)CN(CC(=O)N1CCc2sccc2[C@H]1COc1ccc(Cl)c(C)c1)C(=O)c1ccccc1F. The summed E-state index contributed by atoms with van der Waals surface area (Å²) in [4.78, 5) is 31.6. The Bertz CT molecular complexity index is 1260. The van der Waals surface area contributed by atoms with Crippen LogP contribution in [0.1, 0.15) is 52.7 Å².